The van der Waals surface area contributed by atoms with Gasteiger partial charge in [0.15, 0.2) is 0 Å². The Balaban J connectivity index is 1.51. The van der Waals surface area contributed by atoms with Gasteiger partial charge in [0.2, 0.25) is 0 Å². The molecule has 2 unspecified atom stereocenters. The standard InChI is InChI=1S/C21H40N8O2/c1-20(2,14-18-22-26-27-23-18)12-6-10-16(30)8-5-9-17(31)11-7-13-21(3,4)15-19-24-28-29-25-19/h16-17,30-31H,5-15H2,1-4H3,(H,22,23,26,27)(H,24,25,28,29). The van der Waals surface area contributed by atoms with Crippen molar-refractivity contribution < 1.29 is 10.2 Å². The van der Waals surface area contributed by atoms with Crippen molar-refractivity contribution in [3.8, 4) is 0 Å². The van der Waals surface area contributed by atoms with E-state index in [9.17, 15) is 10.2 Å². The summed E-state index contributed by atoms with van der Waals surface area (Å²) in [5.74, 6) is 1.61. The second-order valence-corrected chi connectivity index (χ2v) is 10.4. The average molecular weight is 437 g/mol. The molecule has 0 saturated heterocycles. The summed E-state index contributed by atoms with van der Waals surface area (Å²) in [6.07, 6.45) is 8.86. The molecule has 2 heterocycles. The molecule has 10 heteroatoms. The molecular weight excluding hydrogens is 396 g/mol. The van der Waals surface area contributed by atoms with Crippen LogP contribution in [0.4, 0.5) is 0 Å². The molecule has 0 radical (unpaired) electrons. The molecule has 10 nitrogen and oxygen atoms in total. The highest BCUT2D eigenvalue weighted by Gasteiger charge is 2.22. The maximum absolute atomic E-state index is 10.3. The van der Waals surface area contributed by atoms with Crippen molar-refractivity contribution in [1.29, 1.82) is 0 Å². The van der Waals surface area contributed by atoms with E-state index >= 15 is 0 Å². The molecule has 0 amide bonds. The van der Waals surface area contributed by atoms with E-state index in [2.05, 4.69) is 68.9 Å². The highest BCUT2D eigenvalue weighted by molar-refractivity contribution is 4.86. The zero-order valence-electron chi connectivity index (χ0n) is 19.5. The van der Waals surface area contributed by atoms with Crippen molar-refractivity contribution in [3.05, 3.63) is 11.6 Å². The van der Waals surface area contributed by atoms with E-state index in [0.29, 0.717) is 0 Å². The van der Waals surface area contributed by atoms with Crippen LogP contribution >= 0.6 is 0 Å². The van der Waals surface area contributed by atoms with Crippen LogP contribution in [0.5, 0.6) is 0 Å². The van der Waals surface area contributed by atoms with Gasteiger partial charge in [-0.1, -0.05) is 40.5 Å². The van der Waals surface area contributed by atoms with Crippen molar-refractivity contribution in [3.63, 3.8) is 0 Å². The fourth-order valence-corrected chi connectivity index (χ4v) is 4.10. The van der Waals surface area contributed by atoms with Crippen LogP contribution in [-0.2, 0) is 12.8 Å². The lowest BCUT2D eigenvalue weighted by molar-refractivity contribution is 0.116. The Morgan fingerprint density at radius 3 is 1.42 bits per heavy atom. The SMILES string of the molecule is CC(C)(CCCC(O)CCCC(O)CCCC(C)(C)Cc1nnn[nH]1)Cc1nnn[nH]1. The van der Waals surface area contributed by atoms with Crippen LogP contribution in [0.25, 0.3) is 0 Å². The number of nitrogens with one attached hydrogen (secondary N) is 2. The van der Waals surface area contributed by atoms with Gasteiger partial charge in [0.05, 0.1) is 12.2 Å². The molecule has 2 aromatic rings. The van der Waals surface area contributed by atoms with Gasteiger partial charge >= 0.3 is 0 Å². The maximum Gasteiger partial charge on any atom is 0.148 e. The minimum atomic E-state index is -0.301. The summed E-state index contributed by atoms with van der Waals surface area (Å²) in [6.45, 7) is 8.79. The Bertz CT molecular complexity index is 643. The van der Waals surface area contributed by atoms with Crippen LogP contribution in [0.3, 0.4) is 0 Å². The molecule has 2 aromatic heterocycles. The number of aliphatic hydroxyl groups excluding tert-OH is 2. The topological polar surface area (TPSA) is 149 Å². The minimum absolute atomic E-state index is 0.0921. The Morgan fingerprint density at radius 2 is 1.06 bits per heavy atom. The van der Waals surface area contributed by atoms with E-state index in [0.717, 1.165) is 82.3 Å². The number of tetrazole rings is 2. The molecule has 0 aromatic carbocycles. The summed E-state index contributed by atoms with van der Waals surface area (Å²) in [5, 5.41) is 48.6. The van der Waals surface area contributed by atoms with Crippen LogP contribution in [0.15, 0.2) is 0 Å². The molecule has 31 heavy (non-hydrogen) atoms. The summed E-state index contributed by atoms with van der Waals surface area (Å²) in [7, 11) is 0. The summed E-state index contributed by atoms with van der Waals surface area (Å²) >= 11 is 0. The predicted molar refractivity (Wildman–Crippen MR) is 117 cm³/mol. The molecule has 0 bridgehead atoms. The smallest absolute Gasteiger partial charge is 0.148 e. The summed E-state index contributed by atoms with van der Waals surface area (Å²) in [5.41, 5.74) is 0.184. The van der Waals surface area contributed by atoms with E-state index in [1.165, 1.54) is 0 Å². The number of aliphatic hydroxyl groups is 2. The third kappa shape index (κ3) is 10.8. The number of nitrogens with zero attached hydrogens (tertiary/aromatic N) is 6. The van der Waals surface area contributed by atoms with E-state index < -0.39 is 0 Å². The lowest BCUT2D eigenvalue weighted by atomic mass is 9.83. The predicted octanol–water partition coefficient (Wildman–Crippen LogP) is 2.78. The van der Waals surface area contributed by atoms with Gasteiger partial charge in [0, 0.05) is 12.8 Å². The van der Waals surface area contributed by atoms with Gasteiger partial charge in [-0.3, -0.25) is 0 Å². The third-order valence-corrected chi connectivity index (χ3v) is 5.93. The second-order valence-electron chi connectivity index (χ2n) is 10.4. The average Bonchev–Trinajstić information content (AvgIpc) is 3.34. The summed E-state index contributed by atoms with van der Waals surface area (Å²) in [6, 6.07) is 0. The van der Waals surface area contributed by atoms with Crippen LogP contribution in [0.1, 0.15) is 97.1 Å². The number of aromatic amines is 2. The van der Waals surface area contributed by atoms with Gasteiger partial charge in [-0.2, -0.15) is 0 Å². The Kier molecular flexibility index (Phi) is 9.95. The van der Waals surface area contributed by atoms with Crippen molar-refractivity contribution in [1.82, 2.24) is 41.2 Å². The Labute approximate surface area is 185 Å². The number of hydrogen-bond donors (Lipinski definition) is 4. The van der Waals surface area contributed by atoms with Gasteiger partial charge < -0.3 is 10.2 Å². The van der Waals surface area contributed by atoms with Crippen molar-refractivity contribution in [2.24, 2.45) is 10.8 Å². The fourth-order valence-electron chi connectivity index (χ4n) is 4.10. The molecule has 0 aliphatic heterocycles. The third-order valence-electron chi connectivity index (χ3n) is 5.93. The summed E-state index contributed by atoms with van der Waals surface area (Å²) in [4.78, 5) is 0. The van der Waals surface area contributed by atoms with E-state index in [1.54, 1.807) is 0 Å². The van der Waals surface area contributed by atoms with Gasteiger partial charge in [0.1, 0.15) is 11.6 Å². The quantitative estimate of drug-likeness (QED) is 0.314. The number of H-pyrrole nitrogens is 2. The second kappa shape index (κ2) is 12.2. The molecule has 2 rings (SSSR count). The first kappa shape index (κ1) is 25.3. The normalized spacial score (nSPS) is 14.6. The fraction of sp³-hybridized carbons (Fsp3) is 0.905. The van der Waals surface area contributed by atoms with Crippen molar-refractivity contribution in [2.45, 2.75) is 111 Å². The molecule has 0 spiro atoms. The molecule has 0 aliphatic rings. The first-order chi connectivity index (χ1) is 14.7. The molecular formula is C21H40N8O2. The van der Waals surface area contributed by atoms with E-state index in [1.807, 2.05) is 0 Å². The minimum Gasteiger partial charge on any atom is -0.393 e. The molecule has 0 fully saturated rings. The maximum atomic E-state index is 10.3. The number of rotatable bonds is 16. The monoisotopic (exact) mass is 436 g/mol. The van der Waals surface area contributed by atoms with Crippen molar-refractivity contribution >= 4 is 0 Å². The zero-order chi connectivity index (χ0) is 22.7. The zero-order valence-corrected chi connectivity index (χ0v) is 19.5. The Hall–Kier alpha value is -1.94. The van der Waals surface area contributed by atoms with E-state index in [-0.39, 0.29) is 23.0 Å². The lowest BCUT2D eigenvalue weighted by Crippen LogP contribution is -2.18. The molecule has 176 valence electrons. The van der Waals surface area contributed by atoms with Gasteiger partial charge in [0.25, 0.3) is 0 Å². The van der Waals surface area contributed by atoms with Crippen LogP contribution in [-0.4, -0.2) is 63.7 Å². The molecule has 4 N–H and O–H groups in total. The largest absolute Gasteiger partial charge is 0.393 e. The van der Waals surface area contributed by atoms with Gasteiger partial charge in [-0.25, -0.2) is 10.2 Å². The molecule has 2 atom stereocenters. The first-order valence-corrected chi connectivity index (χ1v) is 11.5. The lowest BCUT2D eigenvalue weighted by Gasteiger charge is -2.24. The van der Waals surface area contributed by atoms with Gasteiger partial charge in [-0.05, 0) is 76.6 Å². The highest BCUT2D eigenvalue weighted by Crippen LogP contribution is 2.28. The van der Waals surface area contributed by atoms with E-state index in [4.69, 9.17) is 0 Å². The molecule has 0 aliphatic carbocycles. The number of aromatic nitrogens is 8. The Morgan fingerprint density at radius 1 is 0.677 bits per heavy atom. The molecule has 0 saturated carbocycles. The van der Waals surface area contributed by atoms with Crippen molar-refractivity contribution in [2.75, 3.05) is 0 Å². The number of hydrogen-bond acceptors (Lipinski definition) is 8. The first-order valence-electron chi connectivity index (χ1n) is 11.5. The highest BCUT2D eigenvalue weighted by atomic mass is 16.3. The summed E-state index contributed by atoms with van der Waals surface area (Å²) < 4.78 is 0. The van der Waals surface area contributed by atoms with Crippen LogP contribution in [0.2, 0.25) is 0 Å². The van der Waals surface area contributed by atoms with Crippen LogP contribution < -0.4 is 0 Å². The van der Waals surface area contributed by atoms with Gasteiger partial charge in [-0.15, -0.1) is 10.2 Å². The van der Waals surface area contributed by atoms with Crippen LogP contribution in [0, 0.1) is 10.8 Å².